The molecule has 0 unspecified atom stereocenters. The van der Waals surface area contributed by atoms with Gasteiger partial charge in [-0.05, 0) is 119 Å². The van der Waals surface area contributed by atoms with Crippen LogP contribution in [0, 0.1) is 41.5 Å². The first kappa shape index (κ1) is 35.6. The fraction of sp³-hybridized carbons (Fsp3) is 0.120. The molecule has 0 nitrogen and oxygen atoms in total. The first-order valence-electron chi connectivity index (χ1n) is 17.4. The minimum absolute atomic E-state index is 1.23. The lowest BCUT2D eigenvalue weighted by Crippen LogP contribution is -1.84. The van der Waals surface area contributed by atoms with Gasteiger partial charge in [-0.1, -0.05) is 182 Å². The van der Waals surface area contributed by atoms with Gasteiger partial charge in [0, 0.05) is 0 Å². The van der Waals surface area contributed by atoms with E-state index in [0.29, 0.717) is 0 Å². The Hall–Kier alpha value is -5.72. The molecule has 248 valence electrons. The molecule has 50 heavy (non-hydrogen) atoms. The monoisotopic (exact) mass is 648 g/mol. The normalized spacial score (nSPS) is 11.5. The molecule has 0 saturated carbocycles. The van der Waals surface area contributed by atoms with Gasteiger partial charge in [0.25, 0.3) is 0 Å². The second-order valence-corrected chi connectivity index (χ2v) is 13.0. The fourth-order valence-corrected chi connectivity index (χ4v) is 5.81. The molecule has 6 aromatic carbocycles. The number of benzene rings is 6. The largest absolute Gasteiger partial charge is 0.0620 e. The number of aryl methyl sites for hydroxylation is 6. The number of hydrogen-bond donors (Lipinski definition) is 0. The highest BCUT2D eigenvalue weighted by Crippen LogP contribution is 2.20. The summed E-state index contributed by atoms with van der Waals surface area (Å²) in [5.41, 5.74) is 17.8. The van der Waals surface area contributed by atoms with Crippen LogP contribution in [-0.2, 0) is 0 Å². The van der Waals surface area contributed by atoms with Crippen molar-refractivity contribution in [1.29, 1.82) is 0 Å². The van der Waals surface area contributed by atoms with E-state index in [1.54, 1.807) is 0 Å². The van der Waals surface area contributed by atoms with Crippen LogP contribution < -0.4 is 0 Å². The molecule has 0 aromatic heterocycles. The van der Waals surface area contributed by atoms with E-state index in [-0.39, 0.29) is 0 Å². The van der Waals surface area contributed by atoms with Crippen molar-refractivity contribution in [2.24, 2.45) is 0 Å². The van der Waals surface area contributed by atoms with Crippen LogP contribution in [0.1, 0.15) is 77.9 Å². The summed E-state index contributed by atoms with van der Waals surface area (Å²) in [6.45, 7) is 12.9. The number of rotatable bonds is 8. The van der Waals surface area contributed by atoms with Crippen molar-refractivity contribution in [3.63, 3.8) is 0 Å². The highest BCUT2D eigenvalue weighted by molar-refractivity contribution is 5.77. The molecule has 0 aliphatic carbocycles. The first-order valence-corrected chi connectivity index (χ1v) is 17.4. The molecule has 0 saturated heterocycles. The van der Waals surface area contributed by atoms with E-state index >= 15 is 0 Å². The zero-order valence-electron chi connectivity index (χ0n) is 30.3. The molecular formula is C50H48. The van der Waals surface area contributed by atoms with E-state index in [1.165, 1.54) is 77.9 Å². The average Bonchev–Trinajstić information content (AvgIpc) is 3.12. The molecule has 0 aliphatic rings. The summed E-state index contributed by atoms with van der Waals surface area (Å²) in [4.78, 5) is 0. The summed E-state index contributed by atoms with van der Waals surface area (Å²) in [6.07, 6.45) is 17.5. The van der Waals surface area contributed by atoms with Crippen molar-refractivity contribution in [3.05, 3.63) is 211 Å². The minimum Gasteiger partial charge on any atom is -0.0620 e. The van der Waals surface area contributed by atoms with Crippen LogP contribution in [0.25, 0.3) is 48.6 Å². The molecule has 0 heterocycles. The molecular weight excluding hydrogens is 601 g/mol. The Morgan fingerprint density at radius 3 is 0.740 bits per heavy atom. The predicted octanol–water partition coefficient (Wildman–Crippen LogP) is 13.9. The molecule has 0 heteroatoms. The zero-order valence-corrected chi connectivity index (χ0v) is 30.3. The van der Waals surface area contributed by atoms with Crippen LogP contribution in [0.2, 0.25) is 0 Å². The Balaban J connectivity index is 0.000000194. The summed E-state index contributed by atoms with van der Waals surface area (Å²) >= 11 is 0. The Kier molecular flexibility index (Phi) is 12.5. The molecule has 0 aliphatic heterocycles. The van der Waals surface area contributed by atoms with E-state index in [2.05, 4.69) is 224 Å². The summed E-state index contributed by atoms with van der Waals surface area (Å²) in [5.74, 6) is 0. The Labute approximate surface area is 300 Å². The van der Waals surface area contributed by atoms with Gasteiger partial charge in [-0.3, -0.25) is 0 Å². The lowest BCUT2D eigenvalue weighted by molar-refractivity contribution is 1.42. The molecule has 6 rings (SSSR count). The smallest absolute Gasteiger partial charge is 0.0227 e. The lowest BCUT2D eigenvalue weighted by atomic mass is 10.0. The van der Waals surface area contributed by atoms with Crippen molar-refractivity contribution < 1.29 is 0 Å². The van der Waals surface area contributed by atoms with E-state index in [4.69, 9.17) is 0 Å². The average molecular weight is 649 g/mol. The molecule has 0 radical (unpaired) electrons. The third kappa shape index (κ3) is 10.1. The molecule has 0 N–H and O–H groups in total. The van der Waals surface area contributed by atoms with Crippen LogP contribution in [0.5, 0.6) is 0 Å². The minimum atomic E-state index is 1.23. The van der Waals surface area contributed by atoms with Crippen LogP contribution in [0.3, 0.4) is 0 Å². The standard InChI is InChI=1S/2C25H24/c2*1-19-8-4-6-10-23(19)14-12-22-13-15-25(21(3)18-22)17-16-24-11-7-5-9-20(24)2/h2*4-18H,1-3H3. The van der Waals surface area contributed by atoms with Crippen molar-refractivity contribution in [3.8, 4) is 0 Å². The molecule has 0 fully saturated rings. The van der Waals surface area contributed by atoms with Crippen LogP contribution >= 0.6 is 0 Å². The van der Waals surface area contributed by atoms with E-state index < -0.39 is 0 Å². The zero-order chi connectivity index (χ0) is 35.3. The summed E-state index contributed by atoms with van der Waals surface area (Å²) in [5, 5.41) is 0. The maximum atomic E-state index is 2.24. The van der Waals surface area contributed by atoms with E-state index in [1.807, 2.05) is 0 Å². The van der Waals surface area contributed by atoms with Crippen molar-refractivity contribution >= 4 is 48.6 Å². The quantitative estimate of drug-likeness (QED) is 0.144. The summed E-state index contributed by atoms with van der Waals surface area (Å²) in [7, 11) is 0. The Morgan fingerprint density at radius 1 is 0.240 bits per heavy atom. The van der Waals surface area contributed by atoms with Crippen LogP contribution in [-0.4, -0.2) is 0 Å². The third-order valence-corrected chi connectivity index (χ3v) is 9.14. The molecule has 0 bridgehead atoms. The van der Waals surface area contributed by atoms with Gasteiger partial charge in [-0.25, -0.2) is 0 Å². The first-order chi connectivity index (χ1) is 24.3. The highest BCUT2D eigenvalue weighted by atomic mass is 14.0. The third-order valence-electron chi connectivity index (χ3n) is 9.14. The van der Waals surface area contributed by atoms with E-state index in [9.17, 15) is 0 Å². The van der Waals surface area contributed by atoms with Crippen LogP contribution in [0.15, 0.2) is 133 Å². The topological polar surface area (TPSA) is 0 Å². The van der Waals surface area contributed by atoms with Gasteiger partial charge in [0.15, 0.2) is 0 Å². The molecule has 0 amide bonds. The maximum absolute atomic E-state index is 2.24. The lowest BCUT2D eigenvalue weighted by Gasteiger charge is -2.04. The summed E-state index contributed by atoms with van der Waals surface area (Å²) < 4.78 is 0. The Morgan fingerprint density at radius 2 is 0.480 bits per heavy atom. The predicted molar refractivity (Wildman–Crippen MR) is 223 cm³/mol. The van der Waals surface area contributed by atoms with Crippen LogP contribution in [0.4, 0.5) is 0 Å². The van der Waals surface area contributed by atoms with Gasteiger partial charge in [0.2, 0.25) is 0 Å². The SMILES string of the molecule is Cc1ccccc1C=Cc1ccc(C=Cc2ccccc2C)c(C)c1.Cc1ccccc1C=Cc1ccc(C=Cc2ccccc2C)c(C)c1. The second kappa shape index (κ2) is 17.6. The van der Waals surface area contributed by atoms with Gasteiger partial charge in [0.05, 0.1) is 0 Å². The fourth-order valence-electron chi connectivity index (χ4n) is 5.81. The second-order valence-electron chi connectivity index (χ2n) is 13.0. The van der Waals surface area contributed by atoms with E-state index in [0.717, 1.165) is 0 Å². The van der Waals surface area contributed by atoms with Gasteiger partial charge >= 0.3 is 0 Å². The highest BCUT2D eigenvalue weighted by Gasteiger charge is 2.00. The van der Waals surface area contributed by atoms with Gasteiger partial charge in [-0.2, -0.15) is 0 Å². The van der Waals surface area contributed by atoms with Crippen molar-refractivity contribution in [1.82, 2.24) is 0 Å². The summed E-state index contributed by atoms with van der Waals surface area (Å²) in [6, 6.07) is 47.1. The van der Waals surface area contributed by atoms with Gasteiger partial charge in [0.1, 0.15) is 0 Å². The molecule has 0 spiro atoms. The van der Waals surface area contributed by atoms with Crippen molar-refractivity contribution in [2.45, 2.75) is 41.5 Å². The van der Waals surface area contributed by atoms with Gasteiger partial charge in [-0.15, -0.1) is 0 Å². The molecule has 6 aromatic rings. The van der Waals surface area contributed by atoms with Crippen molar-refractivity contribution in [2.75, 3.05) is 0 Å². The Bertz CT molecular complexity index is 2010. The van der Waals surface area contributed by atoms with Gasteiger partial charge < -0.3 is 0 Å². The number of hydrogen-bond acceptors (Lipinski definition) is 0. The molecule has 0 atom stereocenters. The maximum Gasteiger partial charge on any atom is -0.0227 e.